The molecule has 0 fully saturated rings. The summed E-state index contributed by atoms with van der Waals surface area (Å²) in [7, 11) is -3.84. The van der Waals surface area contributed by atoms with Gasteiger partial charge in [-0.1, -0.05) is 32.9 Å². The molecule has 0 unspecified atom stereocenters. The lowest BCUT2D eigenvalue weighted by Gasteiger charge is -2.33. The first-order valence-electron chi connectivity index (χ1n) is 10.1. The van der Waals surface area contributed by atoms with Gasteiger partial charge in [-0.25, -0.2) is 8.42 Å². The van der Waals surface area contributed by atoms with Crippen LogP contribution in [-0.2, 0) is 10.0 Å². The van der Waals surface area contributed by atoms with E-state index in [1.54, 1.807) is 31.2 Å². The topological polar surface area (TPSA) is 75.3 Å². The third kappa shape index (κ3) is 6.59. The Balaban J connectivity index is 2.32. The first-order valence-corrected chi connectivity index (χ1v) is 11.6. The molecule has 2 aromatic carbocycles. The van der Waals surface area contributed by atoms with Crippen molar-refractivity contribution in [3.05, 3.63) is 58.7 Å². The molecule has 0 saturated carbocycles. The molecule has 0 aromatic heterocycles. The van der Waals surface area contributed by atoms with Gasteiger partial charge in [-0.15, -0.1) is 0 Å². The van der Waals surface area contributed by atoms with Crippen molar-refractivity contribution in [2.45, 2.75) is 72.2 Å². The van der Waals surface area contributed by atoms with Gasteiger partial charge < -0.3 is 5.32 Å². The molecule has 2 aromatic rings. The van der Waals surface area contributed by atoms with E-state index in [-0.39, 0.29) is 16.2 Å². The lowest BCUT2D eigenvalue weighted by atomic mass is 9.81. The minimum atomic E-state index is -3.84. The molecule has 164 valence electrons. The third-order valence-corrected chi connectivity index (χ3v) is 6.16. The summed E-state index contributed by atoms with van der Waals surface area (Å²) in [6.07, 6.45) is 0.789. The molecule has 0 aliphatic rings. The van der Waals surface area contributed by atoms with Crippen LogP contribution < -0.4 is 10.0 Å². The van der Waals surface area contributed by atoms with Crippen LogP contribution in [0.25, 0.3) is 0 Å². The molecule has 0 saturated heterocycles. The molecular formula is C24H34N2O3S. The number of aryl methyl sites for hydroxylation is 3. The monoisotopic (exact) mass is 430 g/mol. The molecular weight excluding hydrogens is 396 g/mol. The average molecular weight is 431 g/mol. The van der Waals surface area contributed by atoms with Crippen molar-refractivity contribution in [2.24, 2.45) is 5.41 Å². The number of benzene rings is 2. The Morgan fingerprint density at radius 1 is 0.900 bits per heavy atom. The van der Waals surface area contributed by atoms with E-state index in [0.717, 1.165) is 17.5 Å². The molecule has 0 atom stereocenters. The Bertz CT molecular complexity index is 1030. The Morgan fingerprint density at radius 2 is 1.47 bits per heavy atom. The average Bonchev–Trinajstić information content (AvgIpc) is 2.50. The van der Waals surface area contributed by atoms with Gasteiger partial charge in [0, 0.05) is 16.8 Å². The van der Waals surface area contributed by atoms with E-state index in [2.05, 4.69) is 30.8 Å². The van der Waals surface area contributed by atoms with Crippen LogP contribution in [0, 0.1) is 26.2 Å². The highest BCUT2D eigenvalue weighted by Crippen LogP contribution is 2.27. The van der Waals surface area contributed by atoms with Crippen LogP contribution in [-0.4, -0.2) is 19.9 Å². The highest BCUT2D eigenvalue weighted by molar-refractivity contribution is 7.92. The maximum Gasteiger partial charge on any atom is 0.262 e. The van der Waals surface area contributed by atoms with E-state index >= 15 is 0 Å². The standard InChI is InChI=1S/C24H34N2O3S/c1-16-11-17(2)13-20(12-16)26-30(28,29)21-14-19(10-9-18(21)3)22(27)25-24(7,8)15-23(4,5)6/h9-14,26H,15H2,1-8H3,(H,25,27). The third-order valence-electron chi connectivity index (χ3n) is 4.64. The molecule has 0 heterocycles. The fraction of sp³-hybridized carbons (Fsp3) is 0.458. The number of amides is 1. The van der Waals surface area contributed by atoms with Crippen LogP contribution in [0.2, 0.25) is 0 Å². The Morgan fingerprint density at radius 3 is 2.00 bits per heavy atom. The predicted molar refractivity (Wildman–Crippen MR) is 124 cm³/mol. The fourth-order valence-electron chi connectivity index (χ4n) is 4.02. The van der Waals surface area contributed by atoms with E-state index in [1.807, 2.05) is 33.8 Å². The minimum Gasteiger partial charge on any atom is -0.347 e. The number of nitrogens with one attached hydrogen (secondary N) is 2. The van der Waals surface area contributed by atoms with Crippen LogP contribution in [0.5, 0.6) is 0 Å². The fourth-order valence-corrected chi connectivity index (χ4v) is 5.34. The molecule has 0 aliphatic heterocycles. The summed E-state index contributed by atoms with van der Waals surface area (Å²) in [6.45, 7) is 15.9. The molecule has 2 rings (SSSR count). The zero-order chi connectivity index (χ0) is 22.9. The quantitative estimate of drug-likeness (QED) is 0.648. The lowest BCUT2D eigenvalue weighted by molar-refractivity contribution is 0.0891. The van der Waals surface area contributed by atoms with Gasteiger partial charge in [0.2, 0.25) is 0 Å². The summed E-state index contributed by atoms with van der Waals surface area (Å²) >= 11 is 0. The summed E-state index contributed by atoms with van der Waals surface area (Å²) in [4.78, 5) is 13.0. The van der Waals surface area contributed by atoms with Gasteiger partial charge >= 0.3 is 0 Å². The number of hydrogen-bond acceptors (Lipinski definition) is 3. The smallest absolute Gasteiger partial charge is 0.262 e. The van der Waals surface area contributed by atoms with Crippen LogP contribution in [0.1, 0.15) is 68.1 Å². The van der Waals surface area contributed by atoms with Crippen LogP contribution in [0.4, 0.5) is 5.69 Å². The Labute approximate surface area is 181 Å². The first-order chi connectivity index (χ1) is 13.6. The number of anilines is 1. The van der Waals surface area contributed by atoms with Crippen molar-refractivity contribution in [3.8, 4) is 0 Å². The summed E-state index contributed by atoms with van der Waals surface area (Å²) in [6, 6.07) is 10.3. The van der Waals surface area contributed by atoms with Crippen LogP contribution >= 0.6 is 0 Å². The van der Waals surface area contributed by atoms with Gasteiger partial charge in [-0.2, -0.15) is 0 Å². The summed E-state index contributed by atoms with van der Waals surface area (Å²) in [5, 5.41) is 3.04. The van der Waals surface area contributed by atoms with E-state index in [4.69, 9.17) is 0 Å². The zero-order valence-corrected chi connectivity index (χ0v) is 20.1. The van der Waals surface area contributed by atoms with E-state index in [9.17, 15) is 13.2 Å². The number of carbonyl (C=O) groups is 1. The maximum atomic E-state index is 13.0. The van der Waals surface area contributed by atoms with Crippen molar-refractivity contribution < 1.29 is 13.2 Å². The molecule has 30 heavy (non-hydrogen) atoms. The highest BCUT2D eigenvalue weighted by Gasteiger charge is 2.28. The molecule has 0 bridgehead atoms. The normalized spacial score (nSPS) is 12.5. The maximum absolute atomic E-state index is 13.0. The zero-order valence-electron chi connectivity index (χ0n) is 19.3. The molecule has 2 N–H and O–H groups in total. The Hall–Kier alpha value is -2.34. The highest BCUT2D eigenvalue weighted by atomic mass is 32.2. The van der Waals surface area contributed by atoms with Crippen LogP contribution in [0.15, 0.2) is 41.3 Å². The van der Waals surface area contributed by atoms with Gasteiger partial charge in [0.05, 0.1) is 4.90 Å². The lowest BCUT2D eigenvalue weighted by Crippen LogP contribution is -2.45. The summed E-state index contributed by atoms with van der Waals surface area (Å²) in [5.41, 5.74) is 2.98. The van der Waals surface area contributed by atoms with Crippen molar-refractivity contribution in [3.63, 3.8) is 0 Å². The molecule has 0 aliphatic carbocycles. The number of sulfonamides is 1. The van der Waals surface area contributed by atoms with E-state index in [1.165, 1.54) is 6.07 Å². The predicted octanol–water partition coefficient (Wildman–Crippen LogP) is 5.36. The minimum absolute atomic E-state index is 0.0500. The number of rotatable bonds is 6. The van der Waals surface area contributed by atoms with Gasteiger partial charge in [0.25, 0.3) is 15.9 Å². The molecule has 0 radical (unpaired) electrons. The second-order valence-electron chi connectivity index (χ2n) is 10.0. The Kier molecular flexibility index (Phi) is 6.72. The van der Waals surface area contributed by atoms with Gasteiger partial charge in [0.1, 0.15) is 0 Å². The van der Waals surface area contributed by atoms with Crippen molar-refractivity contribution in [1.82, 2.24) is 5.32 Å². The van der Waals surface area contributed by atoms with Crippen LogP contribution in [0.3, 0.4) is 0 Å². The molecule has 1 amide bonds. The molecule has 0 spiro atoms. The largest absolute Gasteiger partial charge is 0.347 e. The summed E-state index contributed by atoms with van der Waals surface area (Å²) < 4.78 is 28.7. The number of hydrogen-bond donors (Lipinski definition) is 2. The van der Waals surface area contributed by atoms with Gasteiger partial charge in [-0.3, -0.25) is 9.52 Å². The van der Waals surface area contributed by atoms with E-state index < -0.39 is 15.6 Å². The second kappa shape index (κ2) is 8.42. The second-order valence-corrected chi connectivity index (χ2v) is 11.7. The van der Waals surface area contributed by atoms with E-state index in [0.29, 0.717) is 16.8 Å². The van der Waals surface area contributed by atoms with Crippen molar-refractivity contribution >= 4 is 21.6 Å². The van der Waals surface area contributed by atoms with Crippen molar-refractivity contribution in [1.29, 1.82) is 0 Å². The summed E-state index contributed by atoms with van der Waals surface area (Å²) in [5.74, 6) is -0.285. The molecule has 6 heteroatoms. The first kappa shape index (κ1) is 23.9. The van der Waals surface area contributed by atoms with Crippen molar-refractivity contribution in [2.75, 3.05) is 4.72 Å². The number of carbonyl (C=O) groups excluding carboxylic acids is 1. The van der Waals surface area contributed by atoms with Gasteiger partial charge in [-0.05, 0) is 87.4 Å². The van der Waals surface area contributed by atoms with Gasteiger partial charge in [0.15, 0.2) is 0 Å². The SMILES string of the molecule is Cc1cc(C)cc(NS(=O)(=O)c2cc(C(=O)NC(C)(C)CC(C)(C)C)ccc2C)c1. The molecule has 5 nitrogen and oxygen atoms in total.